The Morgan fingerprint density at radius 3 is 2.25 bits per heavy atom. The predicted molar refractivity (Wildman–Crippen MR) is 185 cm³/mol. The number of methoxy groups -OCH3 is 1. The molecule has 1 heterocycles. The van der Waals surface area contributed by atoms with Crippen molar-refractivity contribution in [2.75, 3.05) is 20.2 Å². The lowest BCUT2D eigenvalue weighted by atomic mass is 9.76. The maximum absolute atomic E-state index is 15.5. The summed E-state index contributed by atoms with van der Waals surface area (Å²) in [5, 5.41) is 2.74. The van der Waals surface area contributed by atoms with E-state index in [1.54, 1.807) is 6.92 Å². The summed E-state index contributed by atoms with van der Waals surface area (Å²) < 4.78 is 35.7. The quantitative estimate of drug-likeness (QED) is 0.239. The Kier molecular flexibility index (Phi) is 11.1. The number of fused-ring (bicyclic) bond motifs is 2. The highest BCUT2D eigenvalue weighted by Crippen LogP contribution is 2.59. The zero-order valence-corrected chi connectivity index (χ0v) is 30.4. The summed E-state index contributed by atoms with van der Waals surface area (Å²) in [6.45, 7) is 14.8. The van der Waals surface area contributed by atoms with Crippen molar-refractivity contribution in [1.29, 1.82) is 0 Å². The van der Waals surface area contributed by atoms with Crippen molar-refractivity contribution in [3.63, 3.8) is 0 Å². The van der Waals surface area contributed by atoms with Crippen molar-refractivity contribution >= 4 is 23.5 Å². The fourth-order valence-corrected chi connectivity index (χ4v) is 9.63. The van der Waals surface area contributed by atoms with Gasteiger partial charge in [-0.2, -0.15) is 0 Å². The standard InChI is InChI=1S/C39H57F2N3O4/c1-9-21(2)36(43-38(47)48-8)37(46)44-16-12-13-27(44)20-42-25(6)24(5)33-29-17-28(34(40)35(29)41)32(33)23(4)22(3)30-18-39(14-10-11-15-39)19-31(30)26(7)45/h21-22,27-29,34-36H,9-20H2,1-8H3,(H,43,47). The van der Waals surface area contributed by atoms with E-state index < -0.39 is 36.3 Å². The van der Waals surface area contributed by atoms with Gasteiger partial charge in [0.1, 0.15) is 18.4 Å². The molecule has 4 fully saturated rings. The number of alkyl halides is 2. The lowest BCUT2D eigenvalue weighted by molar-refractivity contribution is -0.135. The van der Waals surface area contributed by atoms with Crippen molar-refractivity contribution < 1.29 is 27.9 Å². The number of amides is 2. The van der Waals surface area contributed by atoms with Gasteiger partial charge in [0.15, 0.2) is 5.78 Å². The Bertz CT molecular complexity index is 1420. The lowest BCUT2D eigenvalue weighted by Crippen LogP contribution is -2.53. The fraction of sp³-hybridized carbons (Fsp3) is 0.744. The number of ketones is 1. The molecule has 5 aliphatic rings. The number of rotatable bonds is 10. The first-order chi connectivity index (χ1) is 22.7. The highest BCUT2D eigenvalue weighted by atomic mass is 19.2. The maximum Gasteiger partial charge on any atom is 0.407 e. The van der Waals surface area contributed by atoms with E-state index in [2.05, 4.69) is 19.2 Å². The van der Waals surface area contributed by atoms with Gasteiger partial charge < -0.3 is 15.0 Å². The van der Waals surface area contributed by atoms with Crippen LogP contribution in [0.15, 0.2) is 38.4 Å². The van der Waals surface area contributed by atoms with Crippen LogP contribution in [0.1, 0.15) is 113 Å². The molecule has 3 saturated carbocycles. The molecule has 0 aromatic rings. The van der Waals surface area contributed by atoms with Crippen LogP contribution in [-0.2, 0) is 14.3 Å². The SMILES string of the molecule is CCC(C)C(NC(=O)OC)C(=O)N1CCCC1CN=C(C)C(C)=C1C(=C(C)C(C)C2=C(C(C)=O)CC3(CCCC3)C2)C2CC1C(F)C2F. The van der Waals surface area contributed by atoms with E-state index in [1.807, 2.05) is 32.6 Å². The molecular formula is C39H57F2N3O4. The van der Waals surface area contributed by atoms with Crippen LogP contribution in [0.4, 0.5) is 13.6 Å². The van der Waals surface area contributed by atoms with Crippen molar-refractivity contribution in [2.24, 2.45) is 34.1 Å². The van der Waals surface area contributed by atoms with Crippen LogP contribution < -0.4 is 5.32 Å². The molecule has 4 aliphatic carbocycles. The van der Waals surface area contributed by atoms with E-state index in [0.717, 1.165) is 78.5 Å². The van der Waals surface area contributed by atoms with Gasteiger partial charge in [-0.3, -0.25) is 14.6 Å². The lowest BCUT2D eigenvalue weighted by Gasteiger charge is -2.31. The molecule has 5 rings (SSSR count). The monoisotopic (exact) mass is 669 g/mol. The number of Topliss-reactive ketones (excluding diaryl/α,β-unsaturated/α-hetero) is 1. The van der Waals surface area contributed by atoms with Gasteiger partial charge >= 0.3 is 6.09 Å². The van der Waals surface area contributed by atoms with Crippen molar-refractivity contribution in [3.8, 4) is 0 Å². The fourth-order valence-electron chi connectivity index (χ4n) is 9.63. The van der Waals surface area contributed by atoms with Crippen molar-refractivity contribution in [1.82, 2.24) is 10.2 Å². The third-order valence-corrected chi connectivity index (χ3v) is 12.9. The number of nitrogens with one attached hydrogen (secondary N) is 1. The second kappa shape index (κ2) is 14.6. The molecule has 1 saturated heterocycles. The molecule has 1 spiro atoms. The number of carbonyl (C=O) groups excluding carboxylic acids is 3. The van der Waals surface area contributed by atoms with Crippen LogP contribution in [0.3, 0.4) is 0 Å². The van der Waals surface area contributed by atoms with Crippen LogP contribution in [0.25, 0.3) is 0 Å². The molecule has 1 aliphatic heterocycles. The van der Waals surface area contributed by atoms with Crippen LogP contribution >= 0.6 is 0 Å². The van der Waals surface area contributed by atoms with E-state index in [9.17, 15) is 14.4 Å². The van der Waals surface area contributed by atoms with Crippen molar-refractivity contribution in [2.45, 2.75) is 137 Å². The average Bonchev–Trinajstić information content (AvgIpc) is 3.91. The number of allylic oxidation sites excluding steroid dienone is 6. The molecule has 7 nitrogen and oxygen atoms in total. The molecular weight excluding hydrogens is 612 g/mol. The van der Waals surface area contributed by atoms with Gasteiger partial charge in [0.05, 0.1) is 19.7 Å². The minimum atomic E-state index is -1.54. The molecule has 9 heteroatoms. The normalized spacial score (nSPS) is 32.2. The van der Waals surface area contributed by atoms with Gasteiger partial charge in [-0.05, 0) is 112 Å². The van der Waals surface area contributed by atoms with E-state index in [-0.39, 0.29) is 35.0 Å². The number of ether oxygens (including phenoxy) is 1. The van der Waals surface area contributed by atoms with E-state index in [1.165, 1.54) is 25.5 Å². The number of alkyl carbamates (subject to hydrolysis) is 1. The molecule has 8 unspecified atom stereocenters. The topological polar surface area (TPSA) is 88.1 Å². The zero-order chi connectivity index (χ0) is 35.1. The summed E-state index contributed by atoms with van der Waals surface area (Å²) in [6.07, 6.45) is 5.64. The molecule has 0 aromatic carbocycles. The highest BCUT2D eigenvalue weighted by molar-refractivity contribution is 5.99. The van der Waals surface area contributed by atoms with E-state index >= 15 is 8.78 Å². The van der Waals surface area contributed by atoms with Crippen molar-refractivity contribution in [3.05, 3.63) is 33.4 Å². The first kappa shape index (κ1) is 36.4. The number of halogens is 2. The molecule has 2 amide bonds. The Morgan fingerprint density at radius 2 is 1.65 bits per heavy atom. The number of carbonyl (C=O) groups is 3. The van der Waals surface area contributed by atoms with Gasteiger partial charge in [-0.1, -0.05) is 51.2 Å². The molecule has 48 heavy (non-hydrogen) atoms. The molecule has 2 bridgehead atoms. The second-order valence-corrected chi connectivity index (χ2v) is 15.6. The average molecular weight is 670 g/mol. The van der Waals surface area contributed by atoms with E-state index in [0.29, 0.717) is 19.5 Å². The first-order valence-corrected chi connectivity index (χ1v) is 18.3. The third kappa shape index (κ3) is 6.68. The second-order valence-electron chi connectivity index (χ2n) is 15.6. The minimum absolute atomic E-state index is 0.0151. The maximum atomic E-state index is 15.5. The Labute approximate surface area is 286 Å². The third-order valence-electron chi connectivity index (χ3n) is 12.9. The predicted octanol–water partition coefficient (Wildman–Crippen LogP) is 8.04. The smallest absolute Gasteiger partial charge is 0.407 e. The van der Waals surface area contributed by atoms with Gasteiger partial charge in [-0.15, -0.1) is 0 Å². The largest absolute Gasteiger partial charge is 0.453 e. The molecule has 0 aromatic heterocycles. The summed E-state index contributed by atoms with van der Waals surface area (Å²) >= 11 is 0. The Balaban J connectivity index is 1.43. The summed E-state index contributed by atoms with van der Waals surface area (Å²) in [4.78, 5) is 45.4. The molecule has 0 radical (unpaired) electrons. The number of nitrogens with zero attached hydrogens (tertiary/aromatic N) is 2. The summed E-state index contributed by atoms with van der Waals surface area (Å²) in [5.74, 6) is -1.06. The minimum Gasteiger partial charge on any atom is -0.453 e. The highest BCUT2D eigenvalue weighted by Gasteiger charge is 2.56. The zero-order valence-electron chi connectivity index (χ0n) is 30.4. The molecule has 1 N–H and O–H groups in total. The Morgan fingerprint density at radius 1 is 1.00 bits per heavy atom. The van der Waals surface area contributed by atoms with Gasteiger partial charge in [0.25, 0.3) is 0 Å². The molecule has 266 valence electrons. The summed E-state index contributed by atoms with van der Waals surface area (Å²) in [6, 6.07) is -0.791. The van der Waals surface area contributed by atoms with Gasteiger partial charge in [0.2, 0.25) is 5.91 Å². The number of hydrogen-bond donors (Lipinski definition) is 1. The van der Waals surface area contributed by atoms with Crippen LogP contribution in [0.2, 0.25) is 0 Å². The first-order valence-electron chi connectivity index (χ1n) is 18.3. The van der Waals surface area contributed by atoms with Crippen LogP contribution in [0.5, 0.6) is 0 Å². The van der Waals surface area contributed by atoms with Gasteiger partial charge in [-0.25, -0.2) is 13.6 Å². The van der Waals surface area contributed by atoms with E-state index in [4.69, 9.17) is 9.73 Å². The summed E-state index contributed by atoms with van der Waals surface area (Å²) in [5.41, 5.74) is 6.90. The number of aliphatic imine (C=N–C) groups is 1. The van der Waals surface area contributed by atoms with Crippen LogP contribution in [-0.4, -0.2) is 73.0 Å². The molecule has 8 atom stereocenters. The summed E-state index contributed by atoms with van der Waals surface area (Å²) in [7, 11) is 1.29. The number of hydrogen-bond acceptors (Lipinski definition) is 5. The Hall–Kier alpha value is -2.84. The number of likely N-dealkylation sites (tertiary alicyclic amines) is 1. The van der Waals surface area contributed by atoms with Crippen LogP contribution in [0, 0.1) is 29.1 Å². The van der Waals surface area contributed by atoms with Gasteiger partial charge in [0, 0.05) is 24.1 Å².